The quantitative estimate of drug-likeness (QED) is 0.416. The number of carbonyl (C=O) groups excluding carboxylic acids is 4. The molecule has 2 rings (SSSR count). The first-order chi connectivity index (χ1) is 15.4. The molecule has 0 bridgehead atoms. The van der Waals surface area contributed by atoms with Gasteiger partial charge in [0.1, 0.15) is 11.3 Å². The van der Waals surface area contributed by atoms with Crippen molar-refractivity contribution in [3.63, 3.8) is 0 Å². The van der Waals surface area contributed by atoms with Crippen molar-refractivity contribution in [3.8, 4) is 10.4 Å². The Bertz CT molecular complexity index is 1100. The van der Waals surface area contributed by atoms with Crippen LogP contribution in [0.2, 0.25) is 0 Å². The third-order valence-corrected chi connectivity index (χ3v) is 4.79. The van der Waals surface area contributed by atoms with Gasteiger partial charge in [-0.25, -0.2) is 14.6 Å². The second-order valence-corrected chi connectivity index (χ2v) is 8.62. The number of rotatable bonds is 7. The maximum absolute atomic E-state index is 12.4. The first-order valence-corrected chi connectivity index (χ1v) is 10.4. The molecule has 0 saturated carbocycles. The number of amides is 3. The molecule has 1 aromatic carbocycles. The minimum atomic E-state index is -0.820. The molecule has 11 heteroatoms. The largest absolute Gasteiger partial charge is 0.464 e. The first-order valence-electron chi connectivity index (χ1n) is 9.54. The molecule has 3 N–H and O–H groups in total. The third kappa shape index (κ3) is 7.58. The van der Waals surface area contributed by atoms with Crippen molar-refractivity contribution in [1.82, 2.24) is 15.6 Å². The van der Waals surface area contributed by atoms with Crippen molar-refractivity contribution in [2.24, 2.45) is 0 Å². The van der Waals surface area contributed by atoms with Gasteiger partial charge in [-0.05, 0) is 38.5 Å². The predicted molar refractivity (Wildman–Crippen MR) is 123 cm³/mol. The Morgan fingerprint density at radius 3 is 2.21 bits per heavy atom. The number of esters is 1. The van der Waals surface area contributed by atoms with Gasteiger partial charge in [0.25, 0.3) is 11.8 Å². The number of methoxy groups -OCH3 is 1. The van der Waals surface area contributed by atoms with Gasteiger partial charge < -0.3 is 20.1 Å². The molecule has 1 heterocycles. The van der Waals surface area contributed by atoms with Crippen LogP contribution >= 0.6 is 11.3 Å². The van der Waals surface area contributed by atoms with Crippen molar-refractivity contribution in [1.29, 1.82) is 0 Å². The van der Waals surface area contributed by atoms with Crippen molar-refractivity contribution < 1.29 is 28.7 Å². The van der Waals surface area contributed by atoms with Crippen molar-refractivity contribution in [3.05, 3.63) is 60.0 Å². The molecule has 0 aliphatic carbocycles. The normalized spacial score (nSPS) is 10.5. The molecule has 0 radical (unpaired) electrons. The summed E-state index contributed by atoms with van der Waals surface area (Å²) in [6, 6.07) is 6.90. The fourth-order valence-corrected chi connectivity index (χ4v) is 3.10. The van der Waals surface area contributed by atoms with Crippen LogP contribution in [-0.2, 0) is 19.1 Å². The van der Waals surface area contributed by atoms with Gasteiger partial charge in [0, 0.05) is 11.9 Å². The average molecular weight is 473 g/mol. The molecule has 33 heavy (non-hydrogen) atoms. The summed E-state index contributed by atoms with van der Waals surface area (Å²) in [6.07, 6.45) is 0.948. The predicted octanol–water partition coefficient (Wildman–Crippen LogP) is 3.20. The number of nitrogens with zero attached hydrogens (tertiary/aromatic N) is 1. The maximum atomic E-state index is 12.4. The molecule has 0 unspecified atom stereocenters. The second kappa shape index (κ2) is 10.6. The molecule has 2 aromatic rings. The minimum absolute atomic E-state index is 0.0988. The van der Waals surface area contributed by atoms with Crippen LogP contribution in [-0.4, -0.2) is 41.6 Å². The SMILES string of the molecule is C=C(NC(=O)c1ncc(-c2ccc(NC(=O)OC(C)(C)C)cc2)s1)C(=O)NC(=C)C(=O)OC. The number of benzene rings is 1. The van der Waals surface area contributed by atoms with Crippen LogP contribution in [0.5, 0.6) is 0 Å². The van der Waals surface area contributed by atoms with Gasteiger partial charge in [0.15, 0.2) is 5.01 Å². The topological polar surface area (TPSA) is 136 Å². The number of aromatic nitrogens is 1. The van der Waals surface area contributed by atoms with E-state index in [9.17, 15) is 19.2 Å². The van der Waals surface area contributed by atoms with Crippen molar-refractivity contribution in [2.45, 2.75) is 26.4 Å². The van der Waals surface area contributed by atoms with Crippen LogP contribution < -0.4 is 16.0 Å². The Hall–Kier alpha value is -3.99. The van der Waals surface area contributed by atoms with Gasteiger partial charge in [0.2, 0.25) is 0 Å². The van der Waals surface area contributed by atoms with Crippen molar-refractivity contribution in [2.75, 3.05) is 12.4 Å². The average Bonchev–Trinajstić information content (AvgIpc) is 3.22. The van der Waals surface area contributed by atoms with Gasteiger partial charge >= 0.3 is 12.1 Å². The molecule has 3 amide bonds. The summed E-state index contributed by atoms with van der Waals surface area (Å²) >= 11 is 1.10. The Morgan fingerprint density at radius 1 is 1.00 bits per heavy atom. The van der Waals surface area contributed by atoms with E-state index in [0.717, 1.165) is 24.0 Å². The lowest BCUT2D eigenvalue weighted by Crippen LogP contribution is -2.35. The van der Waals surface area contributed by atoms with E-state index in [2.05, 4.69) is 38.8 Å². The van der Waals surface area contributed by atoms with E-state index < -0.39 is 29.5 Å². The van der Waals surface area contributed by atoms with E-state index in [1.54, 1.807) is 45.0 Å². The highest BCUT2D eigenvalue weighted by atomic mass is 32.1. The Kier molecular flexibility index (Phi) is 8.08. The molecule has 174 valence electrons. The van der Waals surface area contributed by atoms with Crippen LogP contribution in [0.15, 0.2) is 55.0 Å². The summed E-state index contributed by atoms with van der Waals surface area (Å²) in [4.78, 5) is 52.3. The smallest absolute Gasteiger partial charge is 0.412 e. The maximum Gasteiger partial charge on any atom is 0.412 e. The van der Waals surface area contributed by atoms with Crippen LogP contribution in [0.4, 0.5) is 10.5 Å². The first kappa shape index (κ1) is 25.3. The number of ether oxygens (including phenoxy) is 2. The minimum Gasteiger partial charge on any atom is -0.464 e. The van der Waals surface area contributed by atoms with E-state index in [0.29, 0.717) is 10.6 Å². The highest BCUT2D eigenvalue weighted by Gasteiger charge is 2.19. The molecule has 0 atom stereocenters. The lowest BCUT2D eigenvalue weighted by Gasteiger charge is -2.19. The Labute approximate surface area is 194 Å². The highest BCUT2D eigenvalue weighted by Crippen LogP contribution is 2.27. The van der Waals surface area contributed by atoms with Gasteiger partial charge in [-0.2, -0.15) is 0 Å². The van der Waals surface area contributed by atoms with E-state index in [1.165, 1.54) is 6.20 Å². The molecule has 1 aromatic heterocycles. The van der Waals surface area contributed by atoms with Gasteiger partial charge in [-0.3, -0.25) is 14.9 Å². The van der Waals surface area contributed by atoms with E-state index in [1.807, 2.05) is 0 Å². The lowest BCUT2D eigenvalue weighted by atomic mass is 10.2. The summed E-state index contributed by atoms with van der Waals surface area (Å²) in [5, 5.41) is 7.23. The molecule has 0 saturated heterocycles. The third-order valence-electron chi connectivity index (χ3n) is 3.75. The Morgan fingerprint density at radius 2 is 1.64 bits per heavy atom. The van der Waals surface area contributed by atoms with E-state index in [4.69, 9.17) is 4.74 Å². The van der Waals surface area contributed by atoms with Crippen LogP contribution in [0.1, 0.15) is 30.6 Å². The number of carbonyl (C=O) groups is 4. The van der Waals surface area contributed by atoms with E-state index in [-0.39, 0.29) is 16.4 Å². The zero-order chi connectivity index (χ0) is 24.8. The van der Waals surface area contributed by atoms with Gasteiger partial charge in [-0.1, -0.05) is 25.3 Å². The van der Waals surface area contributed by atoms with Gasteiger partial charge in [-0.15, -0.1) is 11.3 Å². The van der Waals surface area contributed by atoms with E-state index >= 15 is 0 Å². The summed E-state index contributed by atoms with van der Waals surface area (Å²) < 4.78 is 9.64. The number of hydrogen-bond acceptors (Lipinski definition) is 8. The zero-order valence-electron chi connectivity index (χ0n) is 18.6. The van der Waals surface area contributed by atoms with Crippen LogP contribution in [0.3, 0.4) is 0 Å². The van der Waals surface area contributed by atoms with Crippen molar-refractivity contribution >= 4 is 40.9 Å². The second-order valence-electron chi connectivity index (χ2n) is 7.59. The standard InChI is InChI=1S/C22H24N4O6S/c1-12(17(27)25-13(2)20(29)31-6)24-18(28)19-23-11-16(33-19)14-7-9-15(10-8-14)26-21(30)32-22(3,4)5/h7-11H,1-2H2,3-6H3,(H,24,28)(H,25,27)(H,26,30). The number of thiazole rings is 1. The number of anilines is 1. The zero-order valence-corrected chi connectivity index (χ0v) is 19.4. The molecular weight excluding hydrogens is 448 g/mol. The fraction of sp³-hybridized carbons (Fsp3) is 0.227. The fourth-order valence-electron chi connectivity index (χ4n) is 2.29. The molecule has 0 fully saturated rings. The molecular formula is C22H24N4O6S. The number of nitrogens with one attached hydrogen (secondary N) is 3. The summed E-state index contributed by atoms with van der Waals surface area (Å²) in [5.74, 6) is -2.28. The Balaban J connectivity index is 1.98. The molecule has 0 aliphatic heterocycles. The molecule has 10 nitrogen and oxygen atoms in total. The highest BCUT2D eigenvalue weighted by molar-refractivity contribution is 7.17. The van der Waals surface area contributed by atoms with Crippen LogP contribution in [0.25, 0.3) is 10.4 Å². The molecule has 0 spiro atoms. The summed E-state index contributed by atoms with van der Waals surface area (Å²) in [5.41, 5.74) is 0.127. The summed E-state index contributed by atoms with van der Waals surface area (Å²) in [7, 11) is 1.14. The van der Waals surface area contributed by atoms with Gasteiger partial charge in [0.05, 0.1) is 17.7 Å². The summed E-state index contributed by atoms with van der Waals surface area (Å²) in [6.45, 7) is 12.1. The molecule has 0 aliphatic rings. The number of hydrogen-bond donors (Lipinski definition) is 3. The van der Waals surface area contributed by atoms with Crippen LogP contribution in [0, 0.1) is 0 Å². The monoisotopic (exact) mass is 472 g/mol. The lowest BCUT2D eigenvalue weighted by molar-refractivity contribution is -0.137.